The number of likely N-dealkylation sites (tertiary alicyclic amines) is 1. The second kappa shape index (κ2) is 10.7. The van der Waals surface area contributed by atoms with Crippen LogP contribution < -0.4 is 5.32 Å². The molecule has 2 heterocycles. The molecule has 30 heavy (non-hydrogen) atoms. The molecule has 0 saturated carbocycles. The number of aryl methyl sites for hydroxylation is 2. The number of piperidine rings is 1. The first kappa shape index (κ1) is 22.5. The maximum Gasteiger partial charge on any atom is 0.226 e. The van der Waals surface area contributed by atoms with E-state index in [-0.39, 0.29) is 11.8 Å². The van der Waals surface area contributed by atoms with Crippen LogP contribution in [0.3, 0.4) is 0 Å². The van der Waals surface area contributed by atoms with Gasteiger partial charge in [-0.2, -0.15) is 0 Å². The molecule has 1 N–H and O–H groups in total. The first-order valence-electron chi connectivity index (χ1n) is 11.3. The normalized spacial score (nSPS) is 15.6. The number of amides is 1. The van der Waals surface area contributed by atoms with Gasteiger partial charge in [-0.1, -0.05) is 31.5 Å². The fraction of sp³-hybridized carbons (Fsp3) is 0.583. The first-order valence-corrected chi connectivity index (χ1v) is 11.3. The summed E-state index contributed by atoms with van der Waals surface area (Å²) < 4.78 is 5.92. The lowest BCUT2D eigenvalue weighted by atomic mass is 9.96. The first-order chi connectivity index (χ1) is 14.5. The molecule has 2 aromatic rings. The number of oxazole rings is 1. The fourth-order valence-corrected chi connectivity index (χ4v) is 3.98. The number of rotatable bonds is 9. The highest BCUT2D eigenvalue weighted by molar-refractivity contribution is 5.78. The van der Waals surface area contributed by atoms with Gasteiger partial charge >= 0.3 is 0 Å². The van der Waals surface area contributed by atoms with Crippen LogP contribution in [0.2, 0.25) is 0 Å². The van der Waals surface area contributed by atoms with Crippen LogP contribution in [0, 0.1) is 19.8 Å². The van der Waals surface area contributed by atoms with E-state index in [0.29, 0.717) is 5.89 Å². The average molecular weight is 413 g/mol. The van der Waals surface area contributed by atoms with Crippen LogP contribution in [-0.2, 0) is 11.3 Å². The highest BCUT2D eigenvalue weighted by atomic mass is 16.4. The smallest absolute Gasteiger partial charge is 0.226 e. The number of aromatic nitrogens is 1. The topological polar surface area (TPSA) is 61.6 Å². The van der Waals surface area contributed by atoms with E-state index in [9.17, 15) is 4.79 Å². The molecule has 1 amide bonds. The minimum atomic E-state index is 0.125. The largest absolute Gasteiger partial charge is 0.441 e. The maximum atomic E-state index is 12.5. The van der Waals surface area contributed by atoms with Crippen molar-refractivity contribution >= 4 is 5.91 Å². The van der Waals surface area contributed by atoms with Crippen molar-refractivity contribution < 1.29 is 9.21 Å². The van der Waals surface area contributed by atoms with E-state index in [1.807, 2.05) is 6.92 Å². The van der Waals surface area contributed by atoms with Gasteiger partial charge in [-0.15, -0.1) is 0 Å². The van der Waals surface area contributed by atoms with Gasteiger partial charge in [0.15, 0.2) is 0 Å². The molecule has 3 rings (SSSR count). The van der Waals surface area contributed by atoms with Crippen molar-refractivity contribution in [1.82, 2.24) is 20.1 Å². The molecular formula is C24H36N4O2. The zero-order valence-corrected chi connectivity index (χ0v) is 18.9. The predicted molar refractivity (Wildman–Crippen MR) is 120 cm³/mol. The summed E-state index contributed by atoms with van der Waals surface area (Å²) in [5.41, 5.74) is 3.23. The SMILES string of the molecule is CCN(CC)CCNC(=O)C1CCN(Cc2nc(-c3ccc(C)cc3)oc2C)CC1. The molecule has 0 radical (unpaired) electrons. The molecule has 6 nitrogen and oxygen atoms in total. The van der Waals surface area contributed by atoms with E-state index in [1.54, 1.807) is 0 Å². The van der Waals surface area contributed by atoms with Crippen molar-refractivity contribution in [2.45, 2.75) is 47.1 Å². The Labute approximate surface area is 180 Å². The van der Waals surface area contributed by atoms with Crippen molar-refractivity contribution in [1.29, 1.82) is 0 Å². The average Bonchev–Trinajstić information content (AvgIpc) is 3.12. The van der Waals surface area contributed by atoms with Crippen LogP contribution in [-0.4, -0.2) is 60.0 Å². The summed E-state index contributed by atoms with van der Waals surface area (Å²) in [7, 11) is 0. The number of nitrogens with zero attached hydrogens (tertiary/aromatic N) is 3. The van der Waals surface area contributed by atoms with Crippen LogP contribution in [0.5, 0.6) is 0 Å². The van der Waals surface area contributed by atoms with E-state index in [0.717, 1.165) is 75.7 Å². The number of carbonyl (C=O) groups excluding carboxylic acids is 1. The summed E-state index contributed by atoms with van der Waals surface area (Å²) in [6.07, 6.45) is 1.80. The third-order valence-corrected chi connectivity index (χ3v) is 6.14. The van der Waals surface area contributed by atoms with Crippen LogP contribution in [0.1, 0.15) is 43.7 Å². The molecule has 0 aliphatic carbocycles. The van der Waals surface area contributed by atoms with E-state index in [2.05, 4.69) is 60.2 Å². The second-order valence-electron chi connectivity index (χ2n) is 8.26. The van der Waals surface area contributed by atoms with Gasteiger partial charge in [-0.05, 0) is 65.0 Å². The van der Waals surface area contributed by atoms with Crippen LogP contribution in [0.15, 0.2) is 28.7 Å². The molecule has 0 spiro atoms. The van der Waals surface area contributed by atoms with Crippen LogP contribution in [0.4, 0.5) is 0 Å². The quantitative estimate of drug-likeness (QED) is 0.681. The van der Waals surface area contributed by atoms with Gasteiger partial charge in [0.1, 0.15) is 5.76 Å². The number of benzene rings is 1. The Morgan fingerprint density at radius 2 is 1.83 bits per heavy atom. The molecule has 1 aromatic heterocycles. The Kier molecular flexibility index (Phi) is 8.05. The third-order valence-electron chi connectivity index (χ3n) is 6.14. The van der Waals surface area contributed by atoms with Gasteiger partial charge in [-0.3, -0.25) is 9.69 Å². The van der Waals surface area contributed by atoms with Gasteiger partial charge in [-0.25, -0.2) is 4.98 Å². The lowest BCUT2D eigenvalue weighted by Gasteiger charge is -2.31. The second-order valence-corrected chi connectivity index (χ2v) is 8.26. The Morgan fingerprint density at radius 1 is 1.17 bits per heavy atom. The monoisotopic (exact) mass is 412 g/mol. The minimum absolute atomic E-state index is 0.125. The zero-order chi connectivity index (χ0) is 21.5. The molecule has 1 fully saturated rings. The molecule has 1 aliphatic rings. The molecule has 1 saturated heterocycles. The number of likely N-dealkylation sites (N-methyl/N-ethyl adjacent to an activating group) is 1. The lowest BCUT2D eigenvalue weighted by molar-refractivity contribution is -0.126. The predicted octanol–water partition coefficient (Wildman–Crippen LogP) is 3.63. The number of hydrogen-bond acceptors (Lipinski definition) is 5. The minimum Gasteiger partial charge on any atom is -0.441 e. The molecule has 0 bridgehead atoms. The van der Waals surface area contributed by atoms with Gasteiger partial charge in [0.2, 0.25) is 11.8 Å². The van der Waals surface area contributed by atoms with Gasteiger partial charge in [0, 0.05) is 31.1 Å². The van der Waals surface area contributed by atoms with E-state index in [1.165, 1.54) is 5.56 Å². The van der Waals surface area contributed by atoms with Crippen LogP contribution >= 0.6 is 0 Å². The summed E-state index contributed by atoms with van der Waals surface area (Å²) in [4.78, 5) is 21.9. The molecule has 164 valence electrons. The maximum absolute atomic E-state index is 12.5. The fourth-order valence-electron chi connectivity index (χ4n) is 3.98. The van der Waals surface area contributed by atoms with Gasteiger partial charge < -0.3 is 14.6 Å². The van der Waals surface area contributed by atoms with E-state index in [4.69, 9.17) is 9.40 Å². The van der Waals surface area contributed by atoms with Crippen LogP contribution in [0.25, 0.3) is 11.5 Å². The molecular weight excluding hydrogens is 376 g/mol. The third kappa shape index (κ3) is 5.92. The summed E-state index contributed by atoms with van der Waals surface area (Å²) >= 11 is 0. The Balaban J connectivity index is 1.47. The number of carbonyl (C=O) groups is 1. The summed E-state index contributed by atoms with van der Waals surface area (Å²) in [6.45, 7) is 14.7. The number of nitrogens with one attached hydrogen (secondary N) is 1. The molecule has 1 aliphatic heterocycles. The Bertz CT molecular complexity index is 803. The Hall–Kier alpha value is -2.18. The summed E-state index contributed by atoms with van der Waals surface area (Å²) in [6, 6.07) is 8.25. The summed E-state index contributed by atoms with van der Waals surface area (Å²) in [5, 5.41) is 3.12. The van der Waals surface area contributed by atoms with Crippen molar-refractivity contribution in [3.63, 3.8) is 0 Å². The summed E-state index contributed by atoms with van der Waals surface area (Å²) in [5.74, 6) is 1.90. The van der Waals surface area contributed by atoms with Crippen molar-refractivity contribution in [2.24, 2.45) is 5.92 Å². The highest BCUT2D eigenvalue weighted by Crippen LogP contribution is 2.25. The van der Waals surface area contributed by atoms with E-state index < -0.39 is 0 Å². The van der Waals surface area contributed by atoms with Gasteiger partial charge in [0.25, 0.3) is 0 Å². The molecule has 0 unspecified atom stereocenters. The lowest BCUT2D eigenvalue weighted by Crippen LogP contribution is -2.42. The molecule has 0 atom stereocenters. The van der Waals surface area contributed by atoms with Gasteiger partial charge in [0.05, 0.1) is 5.69 Å². The van der Waals surface area contributed by atoms with E-state index >= 15 is 0 Å². The molecule has 1 aromatic carbocycles. The molecule has 6 heteroatoms. The van der Waals surface area contributed by atoms with Crippen molar-refractivity contribution in [3.05, 3.63) is 41.3 Å². The zero-order valence-electron chi connectivity index (χ0n) is 18.9. The highest BCUT2D eigenvalue weighted by Gasteiger charge is 2.26. The Morgan fingerprint density at radius 3 is 2.47 bits per heavy atom. The standard InChI is InChI=1S/C24H36N4O2/c1-5-27(6-2)16-13-25-23(29)20-11-14-28(15-12-20)17-22-19(4)30-24(26-22)21-9-7-18(3)8-10-21/h7-10,20H,5-6,11-17H2,1-4H3,(H,25,29). The number of hydrogen-bond donors (Lipinski definition) is 1. The van der Waals surface area contributed by atoms with Crippen molar-refractivity contribution in [2.75, 3.05) is 39.3 Å². The van der Waals surface area contributed by atoms with Crippen molar-refractivity contribution in [3.8, 4) is 11.5 Å².